The maximum atomic E-state index is 13.8. The van der Waals surface area contributed by atoms with E-state index in [-0.39, 0.29) is 16.4 Å². The third-order valence-corrected chi connectivity index (χ3v) is 4.92. The maximum Gasteiger partial charge on any atom is 0.279 e. The van der Waals surface area contributed by atoms with Gasteiger partial charge in [-0.2, -0.15) is 0 Å². The van der Waals surface area contributed by atoms with Crippen LogP contribution in [0.15, 0.2) is 30.3 Å². The van der Waals surface area contributed by atoms with Crippen LogP contribution in [0.5, 0.6) is 0 Å². The second-order valence-corrected chi connectivity index (χ2v) is 6.48. The van der Waals surface area contributed by atoms with E-state index in [9.17, 15) is 14.5 Å². The van der Waals surface area contributed by atoms with Gasteiger partial charge in [-0.05, 0) is 61.1 Å². The molecule has 122 valence electrons. The van der Waals surface area contributed by atoms with Gasteiger partial charge in [0.1, 0.15) is 5.82 Å². The number of fused-ring (bicyclic) bond motifs is 5. The van der Waals surface area contributed by atoms with Crippen LogP contribution >= 0.6 is 0 Å². The van der Waals surface area contributed by atoms with E-state index >= 15 is 0 Å². The van der Waals surface area contributed by atoms with Crippen molar-refractivity contribution in [1.82, 2.24) is 4.57 Å². The van der Waals surface area contributed by atoms with Crippen molar-refractivity contribution in [2.45, 2.75) is 26.2 Å². The molecule has 2 aromatic carbocycles. The van der Waals surface area contributed by atoms with Crippen LogP contribution in [0.3, 0.4) is 0 Å². The fourth-order valence-corrected chi connectivity index (χ4v) is 3.98. The highest BCUT2D eigenvalue weighted by molar-refractivity contribution is 5.94. The van der Waals surface area contributed by atoms with Crippen molar-refractivity contribution in [2.24, 2.45) is 7.05 Å². The smallest absolute Gasteiger partial charge is 0.279 e. The standard InChI is InChI=1S/C19H17FN2O2/c1-11-8-12-4-3-5-14-15-10-13(20)6-7-16(15)21(2)19(14)18(12)17(9-11)22(23)24/h6-10H,3-5H2,1-2H3. The maximum absolute atomic E-state index is 13.8. The molecule has 1 aliphatic carbocycles. The van der Waals surface area contributed by atoms with Gasteiger partial charge in [0, 0.05) is 24.0 Å². The van der Waals surface area contributed by atoms with E-state index in [1.807, 2.05) is 24.6 Å². The van der Waals surface area contributed by atoms with E-state index in [0.29, 0.717) is 5.56 Å². The van der Waals surface area contributed by atoms with Gasteiger partial charge in [-0.25, -0.2) is 4.39 Å². The number of nitro benzene ring substituents is 1. The van der Waals surface area contributed by atoms with E-state index < -0.39 is 0 Å². The van der Waals surface area contributed by atoms with Crippen molar-refractivity contribution in [3.63, 3.8) is 0 Å². The highest BCUT2D eigenvalue weighted by Gasteiger charge is 2.28. The number of benzene rings is 2. The number of aryl methyl sites for hydroxylation is 4. The van der Waals surface area contributed by atoms with Crippen LogP contribution < -0.4 is 0 Å². The Kier molecular flexibility index (Phi) is 3.20. The third kappa shape index (κ3) is 2.04. The third-order valence-electron chi connectivity index (χ3n) is 4.92. The lowest BCUT2D eigenvalue weighted by Crippen LogP contribution is -2.01. The number of nitro groups is 1. The topological polar surface area (TPSA) is 48.1 Å². The highest BCUT2D eigenvalue weighted by Crippen LogP contribution is 2.43. The minimum absolute atomic E-state index is 0.138. The number of hydrogen-bond donors (Lipinski definition) is 0. The molecule has 1 aliphatic rings. The quantitative estimate of drug-likeness (QED) is 0.481. The summed E-state index contributed by atoms with van der Waals surface area (Å²) in [7, 11) is 1.90. The van der Waals surface area contributed by atoms with Gasteiger partial charge in [-0.1, -0.05) is 6.07 Å². The molecule has 0 saturated heterocycles. The fourth-order valence-electron chi connectivity index (χ4n) is 3.98. The van der Waals surface area contributed by atoms with Gasteiger partial charge in [-0.15, -0.1) is 0 Å². The largest absolute Gasteiger partial charge is 0.343 e. The molecule has 1 heterocycles. The molecule has 1 aromatic heterocycles. The Morgan fingerprint density at radius 1 is 1.21 bits per heavy atom. The van der Waals surface area contributed by atoms with Gasteiger partial charge in [0.2, 0.25) is 0 Å². The van der Waals surface area contributed by atoms with Gasteiger partial charge in [0.25, 0.3) is 5.69 Å². The molecule has 0 N–H and O–H groups in total. The number of aromatic nitrogens is 1. The average molecular weight is 324 g/mol. The Morgan fingerprint density at radius 2 is 2.00 bits per heavy atom. The Labute approximate surface area is 138 Å². The summed E-state index contributed by atoms with van der Waals surface area (Å²) in [4.78, 5) is 11.4. The summed E-state index contributed by atoms with van der Waals surface area (Å²) in [6, 6.07) is 8.39. The van der Waals surface area contributed by atoms with Crippen molar-refractivity contribution in [3.8, 4) is 11.3 Å². The van der Waals surface area contributed by atoms with Crippen molar-refractivity contribution in [3.05, 3.63) is 63.0 Å². The zero-order valence-corrected chi connectivity index (χ0v) is 13.6. The molecule has 0 radical (unpaired) electrons. The Morgan fingerprint density at radius 3 is 2.75 bits per heavy atom. The normalized spacial score (nSPS) is 13.5. The molecule has 0 aliphatic heterocycles. The summed E-state index contributed by atoms with van der Waals surface area (Å²) in [5.41, 5.74) is 5.51. The Hall–Kier alpha value is -2.69. The van der Waals surface area contributed by atoms with E-state index in [1.54, 1.807) is 18.2 Å². The van der Waals surface area contributed by atoms with Crippen LogP contribution in [-0.4, -0.2) is 9.49 Å². The van der Waals surface area contributed by atoms with E-state index in [0.717, 1.165) is 52.5 Å². The van der Waals surface area contributed by atoms with Crippen molar-refractivity contribution in [1.29, 1.82) is 0 Å². The second kappa shape index (κ2) is 5.16. The molecule has 3 aromatic rings. The van der Waals surface area contributed by atoms with Gasteiger partial charge in [0.15, 0.2) is 0 Å². The zero-order valence-electron chi connectivity index (χ0n) is 13.6. The molecule has 0 fully saturated rings. The Bertz CT molecular complexity index is 1000. The molecule has 0 spiro atoms. The first-order valence-corrected chi connectivity index (χ1v) is 8.02. The molecule has 0 saturated carbocycles. The number of nitrogens with zero attached hydrogens (tertiary/aromatic N) is 2. The Balaban J connectivity index is 2.17. The first-order chi connectivity index (χ1) is 11.5. The van der Waals surface area contributed by atoms with E-state index in [1.165, 1.54) is 6.07 Å². The first kappa shape index (κ1) is 14.9. The van der Waals surface area contributed by atoms with Gasteiger partial charge < -0.3 is 4.57 Å². The summed E-state index contributed by atoms with van der Waals surface area (Å²) in [5, 5.41) is 12.5. The molecule has 4 rings (SSSR count). The van der Waals surface area contributed by atoms with Gasteiger partial charge in [-0.3, -0.25) is 10.1 Å². The molecule has 24 heavy (non-hydrogen) atoms. The lowest BCUT2D eigenvalue weighted by Gasteiger charge is -2.11. The minimum Gasteiger partial charge on any atom is -0.343 e. The molecule has 0 unspecified atom stereocenters. The fraction of sp³-hybridized carbons (Fsp3) is 0.263. The first-order valence-electron chi connectivity index (χ1n) is 8.02. The summed E-state index contributed by atoms with van der Waals surface area (Å²) >= 11 is 0. The van der Waals surface area contributed by atoms with Crippen LogP contribution in [0.2, 0.25) is 0 Å². The molecular weight excluding hydrogens is 307 g/mol. The predicted octanol–water partition coefficient (Wildman–Crippen LogP) is 4.69. The lowest BCUT2D eigenvalue weighted by molar-refractivity contribution is -0.384. The highest BCUT2D eigenvalue weighted by atomic mass is 19.1. The zero-order chi connectivity index (χ0) is 17.0. The van der Waals surface area contributed by atoms with E-state index in [4.69, 9.17) is 0 Å². The molecule has 5 heteroatoms. The molecule has 0 amide bonds. The molecular formula is C19H17FN2O2. The SMILES string of the molecule is Cc1cc2c(c([N+](=O)[O-])c1)-c1c(c3cc(F)ccc3n1C)CCC2. The summed E-state index contributed by atoms with van der Waals surface area (Å²) in [5.74, 6) is -0.279. The number of hydrogen-bond acceptors (Lipinski definition) is 2. The summed E-state index contributed by atoms with van der Waals surface area (Å²) in [6.07, 6.45) is 2.49. The molecule has 0 atom stereocenters. The molecule has 4 nitrogen and oxygen atoms in total. The van der Waals surface area contributed by atoms with Gasteiger partial charge in [0.05, 0.1) is 16.2 Å². The molecule has 0 bridgehead atoms. The van der Waals surface area contributed by atoms with Crippen molar-refractivity contribution in [2.75, 3.05) is 0 Å². The van der Waals surface area contributed by atoms with Gasteiger partial charge >= 0.3 is 0 Å². The van der Waals surface area contributed by atoms with Crippen LogP contribution in [0.4, 0.5) is 10.1 Å². The minimum atomic E-state index is -0.306. The van der Waals surface area contributed by atoms with Crippen LogP contribution in [0, 0.1) is 22.9 Å². The van der Waals surface area contributed by atoms with Crippen LogP contribution in [0.25, 0.3) is 22.2 Å². The summed E-state index contributed by atoms with van der Waals surface area (Å²) in [6.45, 7) is 1.88. The van der Waals surface area contributed by atoms with Crippen molar-refractivity contribution >= 4 is 16.6 Å². The lowest BCUT2D eigenvalue weighted by atomic mass is 9.97. The average Bonchev–Trinajstić information content (AvgIpc) is 2.69. The predicted molar refractivity (Wildman–Crippen MR) is 91.7 cm³/mol. The summed E-state index contributed by atoms with van der Waals surface area (Å²) < 4.78 is 15.7. The number of halogens is 1. The second-order valence-electron chi connectivity index (χ2n) is 6.48. The van der Waals surface area contributed by atoms with E-state index in [2.05, 4.69) is 0 Å². The van der Waals surface area contributed by atoms with Crippen molar-refractivity contribution < 1.29 is 9.31 Å². The number of rotatable bonds is 1. The van der Waals surface area contributed by atoms with Crippen LogP contribution in [0.1, 0.15) is 23.1 Å². The van der Waals surface area contributed by atoms with Crippen LogP contribution in [-0.2, 0) is 19.9 Å². The monoisotopic (exact) mass is 324 g/mol.